The van der Waals surface area contributed by atoms with Gasteiger partial charge in [-0.05, 0) is 19.4 Å². The summed E-state index contributed by atoms with van der Waals surface area (Å²) in [5.74, 6) is 0.740. The average Bonchev–Trinajstić information content (AvgIpc) is 1.88. The van der Waals surface area contributed by atoms with Gasteiger partial charge in [-0.1, -0.05) is 20.8 Å². The lowest BCUT2D eigenvalue weighted by Gasteiger charge is -2.17. The zero-order valence-corrected chi connectivity index (χ0v) is 7.98. The van der Waals surface area contributed by atoms with E-state index >= 15 is 0 Å². The third-order valence-electron chi connectivity index (χ3n) is 1.82. The van der Waals surface area contributed by atoms with Crippen LogP contribution >= 0.6 is 0 Å². The quantitative estimate of drug-likeness (QED) is 0.656. The molecule has 2 nitrogen and oxygen atoms in total. The van der Waals surface area contributed by atoms with E-state index in [0.29, 0.717) is 18.1 Å². The molecule has 0 aromatic carbocycles. The second-order valence-electron chi connectivity index (χ2n) is 3.23. The molecule has 66 valence electrons. The van der Waals surface area contributed by atoms with Crippen molar-refractivity contribution in [3.8, 4) is 0 Å². The smallest absolute Gasteiger partial charge is 0.149 e. The molecule has 0 fully saturated rings. The van der Waals surface area contributed by atoms with Crippen LogP contribution in [0.3, 0.4) is 0 Å². The van der Waals surface area contributed by atoms with Crippen LogP contribution in [0, 0.1) is 5.92 Å². The van der Waals surface area contributed by atoms with Gasteiger partial charge < -0.3 is 5.32 Å². The summed E-state index contributed by atoms with van der Waals surface area (Å²) in [6.45, 7) is 6.16. The van der Waals surface area contributed by atoms with Crippen molar-refractivity contribution in [2.75, 3.05) is 7.05 Å². The van der Waals surface area contributed by atoms with Crippen LogP contribution in [0.1, 0.15) is 33.6 Å². The highest BCUT2D eigenvalue weighted by Crippen LogP contribution is 2.05. The Morgan fingerprint density at radius 2 is 2.00 bits per heavy atom. The minimum absolute atomic E-state index is 0.0509. The van der Waals surface area contributed by atoms with E-state index < -0.39 is 0 Å². The largest absolute Gasteiger partial charge is 0.310 e. The van der Waals surface area contributed by atoms with Crippen LogP contribution < -0.4 is 5.32 Å². The number of Topliss-reactive ketones (excluding diaryl/α,β-unsaturated/α-hetero) is 1. The fourth-order valence-electron chi connectivity index (χ4n) is 1.27. The second kappa shape index (κ2) is 5.30. The highest BCUT2D eigenvalue weighted by molar-refractivity contribution is 5.84. The molecule has 0 saturated heterocycles. The molecular weight excluding hydrogens is 138 g/mol. The van der Waals surface area contributed by atoms with E-state index in [1.165, 1.54) is 0 Å². The van der Waals surface area contributed by atoms with Crippen LogP contribution in [-0.2, 0) is 4.79 Å². The Bertz CT molecular complexity index is 121. The molecule has 0 spiro atoms. The molecule has 0 aromatic heterocycles. The molecule has 1 N–H and O–H groups in total. The lowest BCUT2D eigenvalue weighted by atomic mass is 9.97. The van der Waals surface area contributed by atoms with E-state index in [0.717, 1.165) is 6.42 Å². The standard InChI is InChI=1S/C9H19NO/c1-5-6-8(11)9(10-4)7(2)3/h7,9-10H,5-6H2,1-4H3/t9-/m0/s1. The van der Waals surface area contributed by atoms with Crippen LogP contribution in [-0.4, -0.2) is 18.9 Å². The zero-order chi connectivity index (χ0) is 8.85. The first-order valence-electron chi connectivity index (χ1n) is 4.33. The fourth-order valence-corrected chi connectivity index (χ4v) is 1.27. The minimum Gasteiger partial charge on any atom is -0.310 e. The van der Waals surface area contributed by atoms with Crippen molar-refractivity contribution in [1.82, 2.24) is 5.32 Å². The first-order chi connectivity index (χ1) is 5.13. The summed E-state index contributed by atoms with van der Waals surface area (Å²) >= 11 is 0. The van der Waals surface area contributed by atoms with Crippen LogP contribution in [0.4, 0.5) is 0 Å². The first-order valence-corrected chi connectivity index (χ1v) is 4.33. The highest BCUT2D eigenvalue weighted by Gasteiger charge is 2.18. The van der Waals surface area contributed by atoms with Crippen molar-refractivity contribution < 1.29 is 4.79 Å². The van der Waals surface area contributed by atoms with E-state index in [4.69, 9.17) is 0 Å². The minimum atomic E-state index is 0.0509. The number of likely N-dealkylation sites (N-methyl/N-ethyl adjacent to an activating group) is 1. The van der Waals surface area contributed by atoms with Crippen LogP contribution in [0.5, 0.6) is 0 Å². The van der Waals surface area contributed by atoms with Crippen molar-refractivity contribution in [3.63, 3.8) is 0 Å². The fraction of sp³-hybridized carbons (Fsp3) is 0.889. The molecule has 0 radical (unpaired) electrons. The molecule has 0 amide bonds. The molecule has 1 atom stereocenters. The lowest BCUT2D eigenvalue weighted by Crippen LogP contribution is -2.38. The Balaban J connectivity index is 3.92. The number of nitrogens with one attached hydrogen (secondary N) is 1. The summed E-state index contributed by atoms with van der Waals surface area (Å²) in [7, 11) is 1.85. The molecule has 0 aromatic rings. The molecule has 0 aliphatic rings. The second-order valence-corrected chi connectivity index (χ2v) is 3.23. The molecule has 0 saturated carbocycles. The Hall–Kier alpha value is -0.370. The van der Waals surface area contributed by atoms with Gasteiger partial charge in [0, 0.05) is 6.42 Å². The molecule has 0 unspecified atom stereocenters. The number of hydrogen-bond donors (Lipinski definition) is 1. The van der Waals surface area contributed by atoms with Gasteiger partial charge in [0.2, 0.25) is 0 Å². The van der Waals surface area contributed by atoms with Gasteiger partial charge in [0.05, 0.1) is 6.04 Å². The van der Waals surface area contributed by atoms with Crippen molar-refractivity contribution in [2.45, 2.75) is 39.7 Å². The van der Waals surface area contributed by atoms with Crippen molar-refractivity contribution in [3.05, 3.63) is 0 Å². The summed E-state index contributed by atoms with van der Waals surface area (Å²) in [5, 5.41) is 3.04. The summed E-state index contributed by atoms with van der Waals surface area (Å²) < 4.78 is 0. The zero-order valence-electron chi connectivity index (χ0n) is 7.98. The van der Waals surface area contributed by atoms with Gasteiger partial charge in [0.15, 0.2) is 0 Å². The summed E-state index contributed by atoms with van der Waals surface area (Å²) in [5.41, 5.74) is 0. The van der Waals surface area contributed by atoms with Crippen LogP contribution in [0.25, 0.3) is 0 Å². The summed E-state index contributed by atoms with van der Waals surface area (Å²) in [6.07, 6.45) is 1.65. The lowest BCUT2D eigenvalue weighted by molar-refractivity contribution is -0.121. The third kappa shape index (κ3) is 3.51. The predicted molar refractivity (Wildman–Crippen MR) is 47.6 cm³/mol. The Labute approximate surface area is 69.4 Å². The topological polar surface area (TPSA) is 29.1 Å². The highest BCUT2D eigenvalue weighted by atomic mass is 16.1. The van der Waals surface area contributed by atoms with Crippen LogP contribution in [0.2, 0.25) is 0 Å². The van der Waals surface area contributed by atoms with Gasteiger partial charge in [-0.15, -0.1) is 0 Å². The number of carbonyl (C=O) groups is 1. The SMILES string of the molecule is CCCC(=O)[C@@H](NC)C(C)C. The third-order valence-corrected chi connectivity index (χ3v) is 1.82. The van der Waals surface area contributed by atoms with E-state index in [1.54, 1.807) is 0 Å². The predicted octanol–water partition coefficient (Wildman–Crippen LogP) is 1.60. The maximum Gasteiger partial charge on any atom is 0.149 e. The van der Waals surface area contributed by atoms with Gasteiger partial charge in [-0.3, -0.25) is 4.79 Å². The number of ketones is 1. The van der Waals surface area contributed by atoms with E-state index in [2.05, 4.69) is 19.2 Å². The van der Waals surface area contributed by atoms with Crippen molar-refractivity contribution in [2.24, 2.45) is 5.92 Å². The number of carbonyl (C=O) groups excluding carboxylic acids is 1. The molecule has 0 rings (SSSR count). The summed E-state index contributed by atoms with van der Waals surface area (Å²) in [4.78, 5) is 11.4. The van der Waals surface area contributed by atoms with Gasteiger partial charge in [0.25, 0.3) is 0 Å². The van der Waals surface area contributed by atoms with Crippen molar-refractivity contribution >= 4 is 5.78 Å². The molecule has 0 bridgehead atoms. The molecular formula is C9H19NO. The normalized spacial score (nSPS) is 13.5. The molecule has 0 heterocycles. The molecule has 11 heavy (non-hydrogen) atoms. The average molecular weight is 157 g/mol. The van der Waals surface area contributed by atoms with Gasteiger partial charge in [0.1, 0.15) is 5.78 Å². The number of hydrogen-bond acceptors (Lipinski definition) is 2. The maximum atomic E-state index is 11.4. The first kappa shape index (κ1) is 10.6. The van der Waals surface area contributed by atoms with E-state index in [9.17, 15) is 4.79 Å². The molecule has 0 aliphatic carbocycles. The van der Waals surface area contributed by atoms with Crippen LogP contribution in [0.15, 0.2) is 0 Å². The Morgan fingerprint density at radius 3 is 2.27 bits per heavy atom. The maximum absolute atomic E-state index is 11.4. The van der Waals surface area contributed by atoms with E-state index in [1.807, 2.05) is 14.0 Å². The summed E-state index contributed by atoms with van der Waals surface area (Å²) in [6, 6.07) is 0.0509. The molecule has 2 heteroatoms. The number of rotatable bonds is 5. The molecule has 0 aliphatic heterocycles. The van der Waals surface area contributed by atoms with Gasteiger partial charge in [-0.25, -0.2) is 0 Å². The van der Waals surface area contributed by atoms with Crippen molar-refractivity contribution in [1.29, 1.82) is 0 Å². The monoisotopic (exact) mass is 157 g/mol. The van der Waals surface area contributed by atoms with Gasteiger partial charge in [-0.2, -0.15) is 0 Å². The Kier molecular flexibility index (Phi) is 5.12. The van der Waals surface area contributed by atoms with E-state index in [-0.39, 0.29) is 6.04 Å². The Morgan fingerprint density at radius 1 is 1.45 bits per heavy atom. The van der Waals surface area contributed by atoms with Gasteiger partial charge >= 0.3 is 0 Å².